The molecular formula is C15H17N3O. The highest BCUT2D eigenvalue weighted by molar-refractivity contribution is 6.04. The molecule has 1 heterocycles. The molecule has 3 N–H and O–H groups in total. The fourth-order valence-electron chi connectivity index (χ4n) is 2.36. The van der Waals surface area contributed by atoms with E-state index in [-0.39, 0.29) is 11.8 Å². The highest BCUT2D eigenvalue weighted by Gasteiger charge is 2.32. The Kier molecular flexibility index (Phi) is 2.85. The first kappa shape index (κ1) is 12.0. The third-order valence-corrected chi connectivity index (χ3v) is 3.80. The number of amides is 1. The molecule has 0 bridgehead atoms. The number of nitrogens with zero attached hydrogens (tertiary/aromatic N) is 1. The predicted molar refractivity (Wildman–Crippen MR) is 76.7 cm³/mol. The molecular weight excluding hydrogens is 238 g/mol. The van der Waals surface area contributed by atoms with E-state index in [0.29, 0.717) is 11.6 Å². The number of aromatic nitrogens is 1. The third kappa shape index (κ3) is 2.26. The normalized spacial score (nSPS) is 16.3. The van der Waals surface area contributed by atoms with Crippen LogP contribution in [0.5, 0.6) is 0 Å². The van der Waals surface area contributed by atoms with Gasteiger partial charge in [0.25, 0.3) is 0 Å². The average Bonchev–Trinajstić information content (AvgIpc) is 3.26. The summed E-state index contributed by atoms with van der Waals surface area (Å²) in [4.78, 5) is 16.4. The maximum Gasteiger partial charge on any atom is 0.227 e. The van der Waals surface area contributed by atoms with Crippen LogP contribution in [-0.4, -0.2) is 10.9 Å². The zero-order valence-electron chi connectivity index (χ0n) is 10.9. The number of anilines is 2. The molecule has 0 radical (unpaired) electrons. The summed E-state index contributed by atoms with van der Waals surface area (Å²) < 4.78 is 0. The zero-order chi connectivity index (χ0) is 13.4. The molecule has 98 valence electrons. The van der Waals surface area contributed by atoms with Crippen LogP contribution < -0.4 is 11.1 Å². The van der Waals surface area contributed by atoms with Gasteiger partial charge in [0.05, 0.1) is 16.9 Å². The quantitative estimate of drug-likeness (QED) is 0.829. The van der Waals surface area contributed by atoms with Crippen molar-refractivity contribution in [3.63, 3.8) is 0 Å². The molecule has 3 rings (SSSR count). The van der Waals surface area contributed by atoms with Crippen molar-refractivity contribution in [1.82, 2.24) is 4.98 Å². The number of nitrogens with one attached hydrogen (secondary N) is 1. The number of hydrogen-bond donors (Lipinski definition) is 2. The van der Waals surface area contributed by atoms with E-state index in [9.17, 15) is 4.79 Å². The lowest BCUT2D eigenvalue weighted by Crippen LogP contribution is -2.22. The number of pyridine rings is 1. The van der Waals surface area contributed by atoms with Gasteiger partial charge in [0, 0.05) is 17.5 Å². The number of benzene rings is 1. The number of carbonyl (C=O) groups is 1. The number of fused-ring (bicyclic) bond motifs is 1. The standard InChI is InChI=1S/C15H17N3O/c1-9(10-4-5-10)15(19)18-13-7-6-12(16)14-11(13)3-2-8-17-14/h2-3,6-10H,4-5,16H2,1H3,(H,18,19). The van der Waals surface area contributed by atoms with Crippen molar-refractivity contribution < 1.29 is 4.79 Å². The monoisotopic (exact) mass is 255 g/mol. The third-order valence-electron chi connectivity index (χ3n) is 3.80. The lowest BCUT2D eigenvalue weighted by Gasteiger charge is -2.13. The molecule has 0 spiro atoms. The van der Waals surface area contributed by atoms with E-state index in [1.165, 1.54) is 12.8 Å². The Morgan fingerprint density at radius 2 is 2.21 bits per heavy atom. The van der Waals surface area contributed by atoms with Crippen molar-refractivity contribution in [3.8, 4) is 0 Å². The molecule has 4 nitrogen and oxygen atoms in total. The Bertz CT molecular complexity index is 634. The van der Waals surface area contributed by atoms with Crippen molar-refractivity contribution in [1.29, 1.82) is 0 Å². The smallest absolute Gasteiger partial charge is 0.227 e. The van der Waals surface area contributed by atoms with Crippen LogP contribution in [0.4, 0.5) is 11.4 Å². The first-order valence-electron chi connectivity index (χ1n) is 6.61. The molecule has 1 atom stereocenters. The van der Waals surface area contributed by atoms with Crippen molar-refractivity contribution in [2.45, 2.75) is 19.8 Å². The van der Waals surface area contributed by atoms with Crippen molar-refractivity contribution in [2.75, 3.05) is 11.1 Å². The molecule has 1 unspecified atom stereocenters. The fraction of sp³-hybridized carbons (Fsp3) is 0.333. The summed E-state index contributed by atoms with van der Waals surface area (Å²) in [5, 5.41) is 3.89. The van der Waals surface area contributed by atoms with Gasteiger partial charge >= 0.3 is 0 Å². The highest BCUT2D eigenvalue weighted by Crippen LogP contribution is 2.37. The molecule has 1 fully saturated rings. The van der Waals surface area contributed by atoms with Crippen molar-refractivity contribution >= 4 is 28.2 Å². The maximum absolute atomic E-state index is 12.2. The molecule has 19 heavy (non-hydrogen) atoms. The van der Waals surface area contributed by atoms with Crippen LogP contribution in [0.2, 0.25) is 0 Å². The van der Waals surface area contributed by atoms with Gasteiger partial charge in [0.15, 0.2) is 0 Å². The molecule has 1 aromatic carbocycles. The Balaban J connectivity index is 1.92. The zero-order valence-corrected chi connectivity index (χ0v) is 10.9. The van der Waals surface area contributed by atoms with Gasteiger partial charge < -0.3 is 11.1 Å². The van der Waals surface area contributed by atoms with Crippen molar-refractivity contribution in [3.05, 3.63) is 30.5 Å². The van der Waals surface area contributed by atoms with E-state index in [0.717, 1.165) is 16.6 Å². The number of nitrogens with two attached hydrogens (primary N) is 1. The summed E-state index contributed by atoms with van der Waals surface area (Å²) >= 11 is 0. The van der Waals surface area contributed by atoms with Crippen LogP contribution in [0.1, 0.15) is 19.8 Å². The Labute approximate surface area is 112 Å². The Hall–Kier alpha value is -2.10. The number of nitrogen functional groups attached to an aromatic ring is 1. The van der Waals surface area contributed by atoms with Crippen LogP contribution in [0.25, 0.3) is 10.9 Å². The molecule has 1 aromatic heterocycles. The van der Waals surface area contributed by atoms with E-state index in [2.05, 4.69) is 10.3 Å². The number of rotatable bonds is 3. The fourth-order valence-corrected chi connectivity index (χ4v) is 2.36. The molecule has 2 aromatic rings. The van der Waals surface area contributed by atoms with Gasteiger partial charge in [-0.2, -0.15) is 0 Å². The first-order valence-corrected chi connectivity index (χ1v) is 6.61. The van der Waals surface area contributed by atoms with E-state index in [1.807, 2.05) is 25.1 Å². The van der Waals surface area contributed by atoms with E-state index >= 15 is 0 Å². The summed E-state index contributed by atoms with van der Waals surface area (Å²) in [5.74, 6) is 0.708. The van der Waals surface area contributed by atoms with Crippen molar-refractivity contribution in [2.24, 2.45) is 11.8 Å². The maximum atomic E-state index is 12.2. The minimum Gasteiger partial charge on any atom is -0.397 e. The molecule has 1 amide bonds. The number of hydrogen-bond acceptors (Lipinski definition) is 3. The number of carbonyl (C=O) groups excluding carboxylic acids is 1. The summed E-state index contributed by atoms with van der Waals surface area (Å²) in [7, 11) is 0. The van der Waals surface area contributed by atoms with Gasteiger partial charge in [-0.05, 0) is 43.0 Å². The van der Waals surface area contributed by atoms with Crippen LogP contribution in [0, 0.1) is 11.8 Å². The lowest BCUT2D eigenvalue weighted by molar-refractivity contribution is -0.119. The van der Waals surface area contributed by atoms with Crippen LogP contribution in [0.15, 0.2) is 30.5 Å². The van der Waals surface area contributed by atoms with Crippen LogP contribution in [0.3, 0.4) is 0 Å². The summed E-state index contributed by atoms with van der Waals surface area (Å²) in [5.41, 5.74) is 8.05. The molecule has 0 aliphatic heterocycles. The summed E-state index contributed by atoms with van der Waals surface area (Å²) in [6.45, 7) is 1.99. The largest absolute Gasteiger partial charge is 0.397 e. The molecule has 0 saturated heterocycles. The van der Waals surface area contributed by atoms with E-state index in [1.54, 1.807) is 12.3 Å². The SMILES string of the molecule is CC(C(=O)Nc1ccc(N)c2ncccc12)C1CC1. The minimum absolute atomic E-state index is 0.0734. The molecule has 1 aliphatic rings. The van der Waals surface area contributed by atoms with Crippen LogP contribution >= 0.6 is 0 Å². The van der Waals surface area contributed by atoms with E-state index in [4.69, 9.17) is 5.73 Å². The molecule has 1 saturated carbocycles. The Morgan fingerprint density at radius 3 is 2.95 bits per heavy atom. The van der Waals surface area contributed by atoms with Gasteiger partial charge in [-0.1, -0.05) is 6.92 Å². The van der Waals surface area contributed by atoms with Gasteiger partial charge in [0.1, 0.15) is 0 Å². The summed E-state index contributed by atoms with van der Waals surface area (Å²) in [6, 6.07) is 7.40. The van der Waals surface area contributed by atoms with Gasteiger partial charge in [-0.3, -0.25) is 9.78 Å². The minimum atomic E-state index is 0.0734. The molecule has 1 aliphatic carbocycles. The second-order valence-electron chi connectivity index (χ2n) is 5.22. The molecule has 4 heteroatoms. The topological polar surface area (TPSA) is 68.0 Å². The average molecular weight is 255 g/mol. The second kappa shape index (κ2) is 4.53. The van der Waals surface area contributed by atoms with Gasteiger partial charge in [-0.15, -0.1) is 0 Å². The van der Waals surface area contributed by atoms with Crippen LogP contribution in [-0.2, 0) is 4.79 Å². The second-order valence-corrected chi connectivity index (χ2v) is 5.22. The summed E-state index contributed by atoms with van der Waals surface area (Å²) in [6.07, 6.45) is 4.04. The first-order chi connectivity index (χ1) is 9.16. The Morgan fingerprint density at radius 1 is 1.42 bits per heavy atom. The highest BCUT2D eigenvalue weighted by atomic mass is 16.1. The van der Waals surface area contributed by atoms with Gasteiger partial charge in [0.2, 0.25) is 5.91 Å². The van der Waals surface area contributed by atoms with Gasteiger partial charge in [-0.25, -0.2) is 0 Å². The lowest BCUT2D eigenvalue weighted by atomic mass is 10.1. The predicted octanol–water partition coefficient (Wildman–Crippen LogP) is 2.80. The van der Waals surface area contributed by atoms with E-state index < -0.39 is 0 Å².